The zero-order valence-electron chi connectivity index (χ0n) is 10.2. The fraction of sp³-hybridized carbons (Fsp3) is 0.545. The van der Waals surface area contributed by atoms with Crippen LogP contribution in [-0.2, 0) is 0 Å². The average Bonchev–Trinajstić information content (AvgIpc) is 2.16. The van der Waals surface area contributed by atoms with Gasteiger partial charge in [-0.2, -0.15) is 5.26 Å². The fourth-order valence-electron chi connectivity index (χ4n) is 1.28. The van der Waals surface area contributed by atoms with Gasteiger partial charge in [0.2, 0.25) is 0 Å². The Morgan fingerprint density at radius 2 is 2.00 bits per heavy atom. The number of allylic oxidation sites excluding steroid dienone is 3. The first-order chi connectivity index (χ1) is 6.79. The van der Waals surface area contributed by atoms with Gasteiger partial charge in [-0.05, 0) is 17.3 Å². The van der Waals surface area contributed by atoms with Gasteiger partial charge in [-0.25, -0.2) is 0 Å². The molecule has 1 heterocycles. The predicted molar refractivity (Wildman–Crippen MR) is 67.6 cm³/mol. The lowest BCUT2D eigenvalue weighted by molar-refractivity contribution is 0.656. The van der Waals surface area contributed by atoms with Crippen LogP contribution in [0.5, 0.6) is 0 Å². The molecule has 0 aromatic heterocycles. The normalized spacial score (nSPS) is 16.8. The molecule has 1 rings (SSSR count). The molecule has 0 unspecified atom stereocenters. The van der Waals surface area contributed by atoms with E-state index in [-0.39, 0.29) is 5.04 Å². The molecule has 0 fully saturated rings. The van der Waals surface area contributed by atoms with Crippen molar-refractivity contribution in [1.82, 2.24) is 4.48 Å². The van der Waals surface area contributed by atoms with Crippen LogP contribution < -0.4 is 0 Å². The molecular formula is C11H18BN2Si. The molecule has 4 heteroatoms. The molecule has 1 aliphatic heterocycles. The van der Waals surface area contributed by atoms with Crippen LogP contribution in [0, 0.1) is 11.3 Å². The van der Waals surface area contributed by atoms with Crippen molar-refractivity contribution in [2.75, 3.05) is 0 Å². The SMILES string of the molecule is CC(C)(C)[Si](C)(C)N1[B]C(C#N)=CC=C1. The molecule has 1 radical (unpaired) electrons. The van der Waals surface area contributed by atoms with Crippen molar-refractivity contribution in [3.05, 3.63) is 23.8 Å². The summed E-state index contributed by atoms with van der Waals surface area (Å²) in [6, 6.07) is 2.19. The highest BCUT2D eigenvalue weighted by molar-refractivity contribution is 6.84. The Balaban J connectivity index is 2.90. The van der Waals surface area contributed by atoms with Crippen molar-refractivity contribution in [3.63, 3.8) is 0 Å². The summed E-state index contributed by atoms with van der Waals surface area (Å²) in [4.78, 5) is 0. The summed E-state index contributed by atoms with van der Waals surface area (Å²) in [7, 11) is 0.407. The maximum atomic E-state index is 8.88. The van der Waals surface area contributed by atoms with E-state index >= 15 is 0 Å². The molecule has 1 aliphatic rings. The topological polar surface area (TPSA) is 27.0 Å². The van der Waals surface area contributed by atoms with Gasteiger partial charge in [0.25, 0.3) is 7.41 Å². The summed E-state index contributed by atoms with van der Waals surface area (Å²) >= 11 is 0. The van der Waals surface area contributed by atoms with Gasteiger partial charge in [0.1, 0.15) is 8.24 Å². The number of nitrogens with zero attached hydrogens (tertiary/aromatic N) is 2. The molecule has 0 aromatic rings. The second-order valence-corrected chi connectivity index (χ2v) is 10.6. The minimum Gasteiger partial charge on any atom is -0.448 e. The van der Waals surface area contributed by atoms with Crippen LogP contribution in [0.15, 0.2) is 23.8 Å². The highest BCUT2D eigenvalue weighted by Gasteiger charge is 2.40. The lowest BCUT2D eigenvalue weighted by Gasteiger charge is -2.46. The van der Waals surface area contributed by atoms with E-state index < -0.39 is 8.24 Å². The predicted octanol–water partition coefficient (Wildman–Crippen LogP) is 2.85. The smallest absolute Gasteiger partial charge is 0.288 e. The van der Waals surface area contributed by atoms with Crippen LogP contribution in [0.4, 0.5) is 0 Å². The summed E-state index contributed by atoms with van der Waals surface area (Å²) in [5.74, 6) is 0. The first kappa shape index (κ1) is 12.1. The van der Waals surface area contributed by atoms with E-state index in [0.717, 1.165) is 5.47 Å². The Morgan fingerprint density at radius 3 is 2.47 bits per heavy atom. The quantitative estimate of drug-likeness (QED) is 0.631. The van der Waals surface area contributed by atoms with E-state index in [0.29, 0.717) is 0 Å². The van der Waals surface area contributed by atoms with Crippen LogP contribution in [0.25, 0.3) is 0 Å². The Bertz CT molecular complexity index is 345. The van der Waals surface area contributed by atoms with Crippen LogP contribution in [0.1, 0.15) is 20.8 Å². The van der Waals surface area contributed by atoms with Gasteiger partial charge in [0.05, 0.1) is 6.07 Å². The molecule has 2 nitrogen and oxygen atoms in total. The van der Waals surface area contributed by atoms with E-state index in [9.17, 15) is 0 Å². The Labute approximate surface area is 94.6 Å². The van der Waals surface area contributed by atoms with Crippen LogP contribution in [0.3, 0.4) is 0 Å². The summed E-state index contributed by atoms with van der Waals surface area (Å²) in [6.45, 7) is 11.5. The largest absolute Gasteiger partial charge is 0.448 e. The molecule has 79 valence electrons. The first-order valence-corrected chi connectivity index (χ1v) is 8.15. The van der Waals surface area contributed by atoms with Gasteiger partial charge in [0, 0.05) is 5.47 Å². The summed E-state index contributed by atoms with van der Waals surface area (Å²) in [6.07, 6.45) is 5.89. The molecular weight excluding hydrogens is 199 g/mol. The van der Waals surface area contributed by atoms with Crippen molar-refractivity contribution >= 4 is 15.6 Å². The van der Waals surface area contributed by atoms with Crippen molar-refractivity contribution < 1.29 is 0 Å². The van der Waals surface area contributed by atoms with Crippen LogP contribution >= 0.6 is 0 Å². The minimum atomic E-state index is -1.56. The van der Waals surface area contributed by atoms with E-state index in [4.69, 9.17) is 5.26 Å². The number of rotatable bonds is 1. The summed E-state index contributed by atoms with van der Waals surface area (Å²) < 4.78 is 2.26. The molecule has 0 bridgehead atoms. The third-order valence-corrected chi connectivity index (χ3v) is 8.65. The molecule has 0 atom stereocenters. The van der Waals surface area contributed by atoms with E-state index in [1.807, 2.05) is 19.6 Å². The van der Waals surface area contributed by atoms with Gasteiger partial charge in [0.15, 0.2) is 0 Å². The van der Waals surface area contributed by atoms with Gasteiger partial charge in [-0.3, -0.25) is 0 Å². The zero-order valence-corrected chi connectivity index (χ0v) is 11.2. The molecule has 0 aromatic carbocycles. The first-order valence-electron chi connectivity index (χ1n) is 5.21. The Hall–Kier alpha value is -0.948. The average molecular weight is 217 g/mol. The highest BCUT2D eigenvalue weighted by Crippen LogP contribution is 2.38. The molecule has 0 N–H and O–H groups in total. The standard InChI is InChI=1S/C11H18BN2Si/c1-11(2,3)15(4,5)14-8-6-7-10(9-13)12-14/h6-8H,1-5H3. The van der Waals surface area contributed by atoms with Crippen LogP contribution in [0.2, 0.25) is 18.1 Å². The molecule has 0 amide bonds. The number of hydrogen-bond donors (Lipinski definition) is 0. The lowest BCUT2D eigenvalue weighted by atomic mass is 9.81. The third kappa shape index (κ3) is 2.35. The molecule has 0 aliphatic carbocycles. The molecule has 0 spiro atoms. The van der Waals surface area contributed by atoms with Crippen LogP contribution in [-0.4, -0.2) is 20.1 Å². The summed E-state index contributed by atoms with van der Waals surface area (Å²) in [5, 5.41) is 9.17. The molecule has 0 saturated carbocycles. The van der Waals surface area contributed by atoms with E-state index in [1.54, 1.807) is 0 Å². The van der Waals surface area contributed by atoms with Crippen molar-refractivity contribution in [3.8, 4) is 6.07 Å². The maximum absolute atomic E-state index is 8.88. The zero-order chi connectivity index (χ0) is 11.7. The minimum absolute atomic E-state index is 0.283. The lowest BCUT2D eigenvalue weighted by Crippen LogP contribution is -2.54. The molecule has 15 heavy (non-hydrogen) atoms. The van der Waals surface area contributed by atoms with Gasteiger partial charge in [-0.15, -0.1) is 0 Å². The van der Waals surface area contributed by atoms with E-state index in [1.165, 1.54) is 0 Å². The maximum Gasteiger partial charge on any atom is 0.288 e. The second kappa shape index (κ2) is 3.90. The molecule has 0 saturated heterocycles. The monoisotopic (exact) mass is 217 g/mol. The Kier molecular flexibility index (Phi) is 3.15. The van der Waals surface area contributed by atoms with Crippen molar-refractivity contribution in [1.29, 1.82) is 5.26 Å². The number of hydrogen-bond acceptors (Lipinski definition) is 2. The Morgan fingerprint density at radius 1 is 1.40 bits per heavy atom. The fourth-order valence-corrected chi connectivity index (χ4v) is 2.97. The second-order valence-electron chi connectivity index (χ2n) is 5.42. The van der Waals surface area contributed by atoms with Crippen molar-refractivity contribution in [2.45, 2.75) is 38.9 Å². The third-order valence-electron chi connectivity index (χ3n) is 3.41. The van der Waals surface area contributed by atoms with Crippen molar-refractivity contribution in [2.24, 2.45) is 0 Å². The van der Waals surface area contributed by atoms with Gasteiger partial charge < -0.3 is 4.48 Å². The van der Waals surface area contributed by atoms with E-state index in [2.05, 4.69) is 50.6 Å². The summed E-state index contributed by atoms with van der Waals surface area (Å²) in [5.41, 5.74) is 0.738. The highest BCUT2D eigenvalue weighted by atomic mass is 28.3. The number of nitriles is 1. The van der Waals surface area contributed by atoms with Gasteiger partial charge in [-0.1, -0.05) is 39.9 Å². The van der Waals surface area contributed by atoms with Gasteiger partial charge >= 0.3 is 0 Å².